The van der Waals surface area contributed by atoms with Crippen LogP contribution in [0.3, 0.4) is 0 Å². The molecule has 3 aromatic carbocycles. The number of nitrogens with one attached hydrogen (secondary N) is 2. The Morgan fingerprint density at radius 2 is 1.34 bits per heavy atom. The largest absolute Gasteiger partial charge is 0.366 e. The highest BCUT2D eigenvalue weighted by molar-refractivity contribution is 5.89. The Bertz CT molecular complexity index is 1020. The van der Waals surface area contributed by atoms with Crippen LogP contribution in [0, 0.1) is 0 Å². The number of fused-ring (bicyclic) bond motifs is 1. The van der Waals surface area contributed by atoms with Crippen LogP contribution in [0.4, 0.5) is 0 Å². The second-order valence-electron chi connectivity index (χ2n) is 7.58. The molecule has 3 aromatic rings. The van der Waals surface area contributed by atoms with E-state index >= 15 is 0 Å². The molecule has 1 fully saturated rings. The number of amides is 1. The quantitative estimate of drug-likeness (QED) is 0.720. The Kier molecular flexibility index (Phi) is 4.62. The minimum absolute atomic E-state index is 0.000886. The molecule has 4 nitrogen and oxygen atoms in total. The molecular weight excluding hydrogens is 358 g/mol. The van der Waals surface area contributed by atoms with Crippen molar-refractivity contribution in [2.45, 2.75) is 24.5 Å². The molecule has 3 unspecified atom stereocenters. The maximum atomic E-state index is 13.0. The minimum atomic E-state index is -0.140. The van der Waals surface area contributed by atoms with Crippen LogP contribution in [-0.4, -0.2) is 17.1 Å². The normalized spacial score (nSPS) is 23.3. The lowest BCUT2D eigenvalue weighted by atomic mass is 9.86. The first-order valence-electron chi connectivity index (χ1n) is 10.00. The minimum Gasteiger partial charge on any atom is -0.366 e. The number of carbonyl (C=O) groups is 1. The van der Waals surface area contributed by atoms with Gasteiger partial charge in [-0.1, -0.05) is 91.0 Å². The molecule has 1 amide bonds. The smallest absolute Gasteiger partial charge is 0.264 e. The highest BCUT2D eigenvalue weighted by atomic mass is 16.2. The van der Waals surface area contributed by atoms with E-state index in [1.807, 2.05) is 42.5 Å². The van der Waals surface area contributed by atoms with Gasteiger partial charge in [0.15, 0.2) is 0 Å². The van der Waals surface area contributed by atoms with Crippen LogP contribution in [0.15, 0.2) is 103 Å². The topological polar surface area (TPSA) is 44.4 Å². The number of hydrogen-bond acceptors (Lipinski definition) is 3. The Labute approximate surface area is 170 Å². The van der Waals surface area contributed by atoms with E-state index in [1.54, 1.807) is 11.1 Å². The van der Waals surface area contributed by atoms with Crippen LogP contribution in [0.25, 0.3) is 0 Å². The van der Waals surface area contributed by atoms with Crippen molar-refractivity contribution in [1.82, 2.24) is 15.8 Å². The second kappa shape index (κ2) is 7.57. The molecule has 2 aliphatic rings. The van der Waals surface area contributed by atoms with Crippen LogP contribution in [0.2, 0.25) is 0 Å². The molecule has 0 saturated carbocycles. The van der Waals surface area contributed by atoms with Gasteiger partial charge in [-0.25, -0.2) is 5.43 Å². The van der Waals surface area contributed by atoms with E-state index < -0.39 is 0 Å². The van der Waals surface area contributed by atoms with Crippen molar-refractivity contribution in [2.24, 2.45) is 0 Å². The van der Waals surface area contributed by atoms with Gasteiger partial charge in [0.05, 0.1) is 6.04 Å². The zero-order valence-electron chi connectivity index (χ0n) is 16.0. The van der Waals surface area contributed by atoms with Gasteiger partial charge < -0.3 is 5.32 Å². The lowest BCUT2D eigenvalue weighted by molar-refractivity contribution is -0.131. The Hall–Kier alpha value is -3.37. The first-order chi connectivity index (χ1) is 14.3. The summed E-state index contributed by atoms with van der Waals surface area (Å²) < 4.78 is 0. The number of carbonyl (C=O) groups excluding carboxylic acids is 1. The molecule has 0 spiro atoms. The van der Waals surface area contributed by atoms with Gasteiger partial charge in [0.2, 0.25) is 0 Å². The number of benzene rings is 3. The average molecular weight is 381 g/mol. The monoisotopic (exact) mass is 381 g/mol. The van der Waals surface area contributed by atoms with Gasteiger partial charge in [-0.3, -0.25) is 9.80 Å². The molecule has 144 valence electrons. The molecule has 0 aliphatic carbocycles. The fourth-order valence-corrected chi connectivity index (χ4v) is 4.37. The molecule has 1 saturated heterocycles. The molecule has 5 rings (SSSR count). The fourth-order valence-electron chi connectivity index (χ4n) is 4.37. The first kappa shape index (κ1) is 17.7. The molecule has 2 heterocycles. The maximum absolute atomic E-state index is 13.0. The third kappa shape index (κ3) is 3.43. The maximum Gasteiger partial charge on any atom is 0.264 e. The number of nitrogens with zero attached hydrogens (tertiary/aromatic N) is 1. The molecule has 29 heavy (non-hydrogen) atoms. The number of rotatable bonds is 4. The molecule has 3 atom stereocenters. The molecule has 4 heteroatoms. The van der Waals surface area contributed by atoms with E-state index in [4.69, 9.17) is 0 Å². The summed E-state index contributed by atoms with van der Waals surface area (Å²) in [6, 6.07) is 31.1. The highest BCUT2D eigenvalue weighted by Gasteiger charge is 2.46. The van der Waals surface area contributed by atoms with Gasteiger partial charge in [0.1, 0.15) is 6.17 Å². The molecule has 0 aromatic heterocycles. The Balaban J connectivity index is 1.50. The van der Waals surface area contributed by atoms with Gasteiger partial charge in [0, 0.05) is 24.1 Å². The van der Waals surface area contributed by atoms with E-state index in [2.05, 4.69) is 59.3 Å². The van der Waals surface area contributed by atoms with Crippen LogP contribution in [0.5, 0.6) is 0 Å². The van der Waals surface area contributed by atoms with Crippen molar-refractivity contribution in [3.8, 4) is 0 Å². The number of hydrogen-bond donors (Lipinski definition) is 2. The van der Waals surface area contributed by atoms with Gasteiger partial charge in [-0.05, 0) is 16.7 Å². The Morgan fingerprint density at radius 1 is 0.759 bits per heavy atom. The first-order valence-corrected chi connectivity index (χ1v) is 10.00. The average Bonchev–Trinajstić information content (AvgIpc) is 3.16. The van der Waals surface area contributed by atoms with E-state index in [0.717, 1.165) is 5.70 Å². The van der Waals surface area contributed by atoms with Gasteiger partial charge >= 0.3 is 0 Å². The summed E-state index contributed by atoms with van der Waals surface area (Å²) >= 11 is 0. The molecule has 0 bridgehead atoms. The zero-order chi connectivity index (χ0) is 19.6. The van der Waals surface area contributed by atoms with Crippen molar-refractivity contribution in [1.29, 1.82) is 0 Å². The summed E-state index contributed by atoms with van der Waals surface area (Å²) in [5.74, 6) is 0.0982. The number of allylic oxidation sites excluding steroid dienone is 1. The summed E-state index contributed by atoms with van der Waals surface area (Å²) in [4.78, 5) is 13.0. The lowest BCUT2D eigenvalue weighted by Crippen LogP contribution is -2.53. The van der Waals surface area contributed by atoms with Crippen molar-refractivity contribution in [3.63, 3.8) is 0 Å². The summed E-state index contributed by atoms with van der Waals surface area (Å²) in [5, 5.41) is 5.40. The molecule has 2 N–H and O–H groups in total. The van der Waals surface area contributed by atoms with Crippen molar-refractivity contribution in [3.05, 3.63) is 119 Å². The predicted octanol–water partition coefficient (Wildman–Crippen LogP) is 3.91. The Morgan fingerprint density at radius 3 is 2.00 bits per heavy atom. The predicted molar refractivity (Wildman–Crippen MR) is 114 cm³/mol. The fraction of sp³-hybridized carbons (Fsp3) is 0.160. The summed E-state index contributed by atoms with van der Waals surface area (Å²) in [7, 11) is 0. The van der Waals surface area contributed by atoms with Gasteiger partial charge in [0.25, 0.3) is 5.91 Å². The summed E-state index contributed by atoms with van der Waals surface area (Å²) in [6.45, 7) is 0. The molecule has 0 radical (unpaired) electrons. The van der Waals surface area contributed by atoms with Gasteiger partial charge in [-0.2, -0.15) is 0 Å². The molecule has 2 aliphatic heterocycles. The van der Waals surface area contributed by atoms with Crippen LogP contribution < -0.4 is 10.7 Å². The van der Waals surface area contributed by atoms with Gasteiger partial charge in [-0.15, -0.1) is 0 Å². The standard InChI is InChI=1S/C25H23N3O/c29-22-17-21(16-18-10-4-1-5-11-18)26-25-23(19-12-6-2-7-13-19)24(27-28(22)25)20-14-8-3-9-15-20/h1-15,17,23-27H,16H2. The van der Waals surface area contributed by atoms with Crippen molar-refractivity contribution < 1.29 is 4.79 Å². The zero-order valence-corrected chi connectivity index (χ0v) is 16.0. The third-order valence-electron chi connectivity index (χ3n) is 5.70. The van der Waals surface area contributed by atoms with E-state index in [0.29, 0.717) is 6.42 Å². The SMILES string of the molecule is O=C1C=C(Cc2ccccc2)NC2C(c3ccccc3)C(c3ccccc3)NN12. The van der Waals surface area contributed by atoms with E-state index in [-0.39, 0.29) is 24.0 Å². The lowest BCUT2D eigenvalue weighted by Gasteiger charge is -2.33. The van der Waals surface area contributed by atoms with Crippen molar-refractivity contribution in [2.75, 3.05) is 0 Å². The van der Waals surface area contributed by atoms with Crippen LogP contribution >= 0.6 is 0 Å². The van der Waals surface area contributed by atoms with Crippen LogP contribution in [-0.2, 0) is 11.2 Å². The van der Waals surface area contributed by atoms with Crippen LogP contribution in [0.1, 0.15) is 28.7 Å². The highest BCUT2D eigenvalue weighted by Crippen LogP contribution is 2.41. The van der Waals surface area contributed by atoms with Crippen molar-refractivity contribution >= 4 is 5.91 Å². The van der Waals surface area contributed by atoms with E-state index in [9.17, 15) is 4.79 Å². The third-order valence-corrected chi connectivity index (χ3v) is 5.70. The summed E-state index contributed by atoms with van der Waals surface area (Å²) in [6.07, 6.45) is 2.29. The number of hydrazine groups is 1. The second-order valence-corrected chi connectivity index (χ2v) is 7.58. The molecular formula is C25H23N3O. The summed E-state index contributed by atoms with van der Waals surface area (Å²) in [5.41, 5.74) is 8.00. The van der Waals surface area contributed by atoms with E-state index in [1.165, 1.54) is 16.7 Å².